The van der Waals surface area contributed by atoms with Crippen molar-refractivity contribution in [2.45, 2.75) is 38.1 Å². The number of nitrogens with one attached hydrogen (secondary N) is 1. The smallest absolute Gasteiger partial charge is 0.408 e. The molecule has 2 N–H and O–H groups in total. The average molecular weight is 319 g/mol. The fraction of sp³-hybridized carbons (Fsp3) is 0.429. The minimum atomic E-state index is -4.66. The average Bonchev–Trinajstić information content (AvgIpc) is 2.44. The van der Waals surface area contributed by atoms with Crippen LogP contribution in [-0.4, -0.2) is 29.4 Å². The predicted octanol–water partition coefficient (Wildman–Crippen LogP) is 3.10. The van der Waals surface area contributed by atoms with Gasteiger partial charge in [-0.2, -0.15) is 13.2 Å². The minimum absolute atomic E-state index is 0.146. The molecule has 0 saturated heterocycles. The molecule has 0 heterocycles. The maximum absolute atomic E-state index is 12.8. The lowest BCUT2D eigenvalue weighted by Gasteiger charge is -2.21. The molecule has 8 heteroatoms. The summed E-state index contributed by atoms with van der Waals surface area (Å²) in [7, 11) is 0. The molecule has 1 amide bonds. The van der Waals surface area contributed by atoms with Gasteiger partial charge in [0.2, 0.25) is 0 Å². The van der Waals surface area contributed by atoms with Crippen LogP contribution in [0.15, 0.2) is 30.3 Å². The Morgan fingerprint density at radius 1 is 1.23 bits per heavy atom. The van der Waals surface area contributed by atoms with Crippen LogP contribution in [0.2, 0.25) is 0 Å². The molecule has 1 rings (SSSR count). The number of hydrogen-bond donors (Lipinski definition) is 2. The van der Waals surface area contributed by atoms with Crippen molar-refractivity contribution in [1.29, 1.82) is 0 Å². The Labute approximate surface area is 125 Å². The fourth-order valence-corrected chi connectivity index (χ4v) is 1.68. The van der Waals surface area contributed by atoms with E-state index in [0.717, 1.165) is 0 Å². The second kappa shape index (κ2) is 8.26. The third kappa shape index (κ3) is 6.96. The Bertz CT molecular complexity index is 491. The largest absolute Gasteiger partial charge is 0.481 e. The van der Waals surface area contributed by atoms with Gasteiger partial charge in [-0.25, -0.2) is 4.79 Å². The van der Waals surface area contributed by atoms with Crippen LogP contribution in [-0.2, 0) is 16.1 Å². The van der Waals surface area contributed by atoms with E-state index >= 15 is 0 Å². The zero-order valence-electron chi connectivity index (χ0n) is 11.6. The topological polar surface area (TPSA) is 75.6 Å². The summed E-state index contributed by atoms with van der Waals surface area (Å²) in [5.41, 5.74) is 0.645. The van der Waals surface area contributed by atoms with E-state index in [4.69, 9.17) is 9.84 Å². The zero-order valence-corrected chi connectivity index (χ0v) is 11.6. The third-order valence-corrected chi connectivity index (χ3v) is 2.78. The van der Waals surface area contributed by atoms with Crippen molar-refractivity contribution in [3.63, 3.8) is 0 Å². The summed E-state index contributed by atoms with van der Waals surface area (Å²) in [5.74, 6) is -1.19. The van der Waals surface area contributed by atoms with Gasteiger partial charge in [0.15, 0.2) is 0 Å². The number of halogens is 3. The summed E-state index contributed by atoms with van der Waals surface area (Å²) in [4.78, 5) is 21.7. The number of ether oxygens (including phenoxy) is 1. The van der Waals surface area contributed by atoms with Gasteiger partial charge in [0.05, 0.1) is 0 Å². The first kappa shape index (κ1) is 17.8. The van der Waals surface area contributed by atoms with Crippen molar-refractivity contribution in [2.24, 2.45) is 0 Å². The van der Waals surface area contributed by atoms with Gasteiger partial charge in [-0.05, 0) is 18.4 Å². The van der Waals surface area contributed by atoms with Crippen molar-refractivity contribution in [3.8, 4) is 0 Å². The van der Waals surface area contributed by atoms with Crippen molar-refractivity contribution in [2.75, 3.05) is 0 Å². The van der Waals surface area contributed by atoms with Crippen LogP contribution in [0.3, 0.4) is 0 Å². The molecular weight excluding hydrogens is 303 g/mol. The maximum Gasteiger partial charge on any atom is 0.408 e. The quantitative estimate of drug-likeness (QED) is 0.810. The molecule has 122 valence electrons. The number of rotatable bonds is 7. The lowest BCUT2D eigenvalue weighted by atomic mass is 10.1. The van der Waals surface area contributed by atoms with E-state index in [1.807, 2.05) is 0 Å². The molecule has 0 saturated carbocycles. The number of benzene rings is 1. The van der Waals surface area contributed by atoms with Gasteiger partial charge < -0.3 is 15.2 Å². The zero-order chi connectivity index (χ0) is 16.6. The molecule has 0 aliphatic heterocycles. The van der Waals surface area contributed by atoms with E-state index in [1.165, 1.54) is 0 Å². The number of hydrogen-bond acceptors (Lipinski definition) is 3. The second-order valence-electron chi connectivity index (χ2n) is 4.59. The first-order valence-electron chi connectivity index (χ1n) is 6.54. The maximum atomic E-state index is 12.8. The molecule has 0 aromatic heterocycles. The molecule has 0 aliphatic carbocycles. The lowest BCUT2D eigenvalue weighted by molar-refractivity contribution is -0.157. The van der Waals surface area contributed by atoms with Gasteiger partial charge >= 0.3 is 18.2 Å². The minimum Gasteiger partial charge on any atom is -0.481 e. The second-order valence-corrected chi connectivity index (χ2v) is 4.59. The number of amides is 1. The Balaban J connectivity index is 2.46. The summed E-state index contributed by atoms with van der Waals surface area (Å²) in [5, 5.41) is 10.1. The highest BCUT2D eigenvalue weighted by Crippen LogP contribution is 2.24. The molecule has 0 radical (unpaired) electrons. The van der Waals surface area contributed by atoms with Crippen molar-refractivity contribution in [1.82, 2.24) is 5.32 Å². The van der Waals surface area contributed by atoms with E-state index < -0.39 is 37.1 Å². The third-order valence-electron chi connectivity index (χ3n) is 2.78. The van der Waals surface area contributed by atoms with E-state index in [2.05, 4.69) is 0 Å². The van der Waals surface area contributed by atoms with Crippen LogP contribution in [0.4, 0.5) is 18.0 Å². The van der Waals surface area contributed by atoms with E-state index in [9.17, 15) is 22.8 Å². The standard InChI is InChI=1S/C14H16F3NO4/c15-14(16,17)11(7-4-8-12(19)20)18-13(21)22-9-10-5-2-1-3-6-10/h1-3,5-6,11H,4,7-9H2,(H,18,21)(H,19,20)/t11-/m1/s1. The van der Waals surface area contributed by atoms with Gasteiger partial charge in [-0.1, -0.05) is 30.3 Å². The monoisotopic (exact) mass is 319 g/mol. The first-order chi connectivity index (χ1) is 10.3. The number of aliphatic carboxylic acids is 1. The van der Waals surface area contributed by atoms with Gasteiger partial charge in [-0.3, -0.25) is 4.79 Å². The highest BCUT2D eigenvalue weighted by Gasteiger charge is 2.40. The summed E-state index contributed by atoms with van der Waals surface area (Å²) in [6.07, 6.45) is -6.96. The Kier molecular flexibility index (Phi) is 6.68. The molecule has 22 heavy (non-hydrogen) atoms. The number of carbonyl (C=O) groups excluding carboxylic acids is 1. The van der Waals surface area contributed by atoms with E-state index in [1.54, 1.807) is 35.6 Å². The molecule has 0 aliphatic rings. The molecule has 0 spiro atoms. The van der Waals surface area contributed by atoms with E-state index in [0.29, 0.717) is 5.56 Å². The Hall–Kier alpha value is -2.25. The highest BCUT2D eigenvalue weighted by molar-refractivity contribution is 5.68. The molecule has 0 bridgehead atoms. The van der Waals surface area contributed by atoms with Crippen LogP contribution in [0, 0.1) is 0 Å². The summed E-state index contributed by atoms with van der Waals surface area (Å²) in [6.45, 7) is -0.146. The van der Waals surface area contributed by atoms with Gasteiger partial charge in [0.25, 0.3) is 0 Å². The number of carboxylic acid groups (broad SMARTS) is 1. The summed E-state index contributed by atoms with van der Waals surface area (Å²) >= 11 is 0. The molecule has 0 unspecified atom stereocenters. The van der Waals surface area contributed by atoms with Crippen LogP contribution >= 0.6 is 0 Å². The van der Waals surface area contributed by atoms with Crippen LogP contribution in [0.25, 0.3) is 0 Å². The molecule has 1 aromatic carbocycles. The number of carbonyl (C=O) groups is 2. The van der Waals surface area contributed by atoms with Crippen molar-refractivity contribution in [3.05, 3.63) is 35.9 Å². The van der Waals surface area contributed by atoms with E-state index in [-0.39, 0.29) is 13.0 Å². The number of carboxylic acids is 1. The molecule has 5 nitrogen and oxygen atoms in total. The molecule has 1 aromatic rings. The van der Waals surface area contributed by atoms with Gasteiger partial charge in [0, 0.05) is 6.42 Å². The van der Waals surface area contributed by atoms with Gasteiger partial charge in [0.1, 0.15) is 12.6 Å². The van der Waals surface area contributed by atoms with Crippen LogP contribution in [0.5, 0.6) is 0 Å². The normalized spacial score (nSPS) is 12.5. The fourth-order valence-electron chi connectivity index (χ4n) is 1.68. The SMILES string of the molecule is O=C(O)CCC[C@@H](NC(=O)OCc1ccccc1)C(F)(F)F. The Morgan fingerprint density at radius 3 is 2.41 bits per heavy atom. The molecular formula is C14H16F3NO4. The van der Waals surface area contributed by atoms with Crippen molar-refractivity contribution < 1.29 is 32.6 Å². The predicted molar refractivity (Wildman–Crippen MR) is 71.1 cm³/mol. The van der Waals surface area contributed by atoms with Crippen LogP contribution in [0.1, 0.15) is 24.8 Å². The summed E-state index contributed by atoms with van der Waals surface area (Å²) < 4.78 is 43.0. The lowest BCUT2D eigenvalue weighted by Crippen LogP contribution is -2.45. The molecule has 1 atom stereocenters. The van der Waals surface area contributed by atoms with Crippen LogP contribution < -0.4 is 5.32 Å². The molecule has 0 fully saturated rings. The van der Waals surface area contributed by atoms with Crippen molar-refractivity contribution >= 4 is 12.1 Å². The first-order valence-corrected chi connectivity index (χ1v) is 6.54. The van der Waals surface area contributed by atoms with Gasteiger partial charge in [-0.15, -0.1) is 0 Å². The number of alkyl carbamates (subject to hydrolysis) is 1. The number of alkyl halides is 3. The Morgan fingerprint density at radius 2 is 1.86 bits per heavy atom. The summed E-state index contributed by atoms with van der Waals surface area (Å²) in [6, 6.07) is 6.38. The highest BCUT2D eigenvalue weighted by atomic mass is 19.4.